The van der Waals surface area contributed by atoms with Crippen molar-refractivity contribution in [3.05, 3.63) is 30.1 Å². The van der Waals surface area contributed by atoms with E-state index in [2.05, 4.69) is 15.7 Å². The third kappa shape index (κ3) is 7.88. The lowest BCUT2D eigenvalue weighted by Crippen LogP contribution is -2.60. The molecule has 0 spiro atoms. The summed E-state index contributed by atoms with van der Waals surface area (Å²) in [5, 5.41) is 12.0. The lowest BCUT2D eigenvalue weighted by atomic mass is 10.1. The number of nitrogens with zero attached hydrogens (tertiary/aromatic N) is 2. The van der Waals surface area contributed by atoms with Gasteiger partial charge in [-0.3, -0.25) is 25.0 Å². The highest BCUT2D eigenvalue weighted by molar-refractivity contribution is 6.67. The minimum absolute atomic E-state index is 0.131. The first kappa shape index (κ1) is 24.6. The Morgan fingerprint density at radius 2 is 2.23 bits per heavy atom. The number of amides is 2. The summed E-state index contributed by atoms with van der Waals surface area (Å²) in [4.78, 5) is 29.1. The van der Waals surface area contributed by atoms with Crippen LogP contribution in [0.25, 0.3) is 0 Å². The lowest BCUT2D eigenvalue weighted by molar-refractivity contribution is -0.140. The highest BCUT2D eigenvalue weighted by Crippen LogP contribution is 2.26. The number of carbonyl (C=O) groups is 2. The molecule has 2 heterocycles. The molecule has 0 aromatic carbocycles. The summed E-state index contributed by atoms with van der Waals surface area (Å²) in [5.41, 5.74) is 9.70. The highest BCUT2D eigenvalue weighted by Gasteiger charge is 2.31. The summed E-state index contributed by atoms with van der Waals surface area (Å²) >= 11 is 16.9. The first-order chi connectivity index (χ1) is 14.1. The Kier molecular flexibility index (Phi) is 9.11. The Morgan fingerprint density at radius 1 is 1.50 bits per heavy atom. The van der Waals surface area contributed by atoms with Crippen LogP contribution < -0.4 is 16.5 Å². The summed E-state index contributed by atoms with van der Waals surface area (Å²) in [7, 11) is 0. The first-order valence-corrected chi connectivity index (χ1v) is 10.5. The number of hydrogen-bond donors (Lipinski definition) is 4. The van der Waals surface area contributed by atoms with Crippen molar-refractivity contribution in [1.29, 1.82) is 5.41 Å². The standard InChI is InChI=1S/C18H25Cl3N6O3/c1-11(25-16(28)13(22)8-12-4-2-6-24-9-12)17(29)27-7-3-5-14(26-27)15(23)30-10-18(19,20)21/h2,4,6,9,11,13-14,23,26H,3,5,7-8,10,22H2,1H3,(H,25,28)/t11-,13?,14-/m0/s1. The van der Waals surface area contributed by atoms with Gasteiger partial charge in [-0.1, -0.05) is 40.9 Å². The summed E-state index contributed by atoms with van der Waals surface area (Å²) in [6, 6.07) is 1.44. The molecule has 2 rings (SSSR count). The number of carbonyl (C=O) groups excluding carboxylic acids is 2. The van der Waals surface area contributed by atoms with E-state index in [0.717, 1.165) is 5.56 Å². The van der Waals surface area contributed by atoms with Gasteiger partial charge in [-0.2, -0.15) is 0 Å². The molecular formula is C18H25Cl3N6O3. The molecule has 30 heavy (non-hydrogen) atoms. The van der Waals surface area contributed by atoms with E-state index >= 15 is 0 Å². The molecule has 0 radical (unpaired) electrons. The fourth-order valence-corrected chi connectivity index (χ4v) is 3.04. The van der Waals surface area contributed by atoms with Gasteiger partial charge in [0.25, 0.3) is 5.91 Å². The number of alkyl halides is 3. The van der Waals surface area contributed by atoms with Gasteiger partial charge >= 0.3 is 0 Å². The van der Waals surface area contributed by atoms with Crippen molar-refractivity contribution in [2.24, 2.45) is 5.73 Å². The number of pyridine rings is 1. The zero-order chi connectivity index (χ0) is 22.3. The molecule has 1 saturated heterocycles. The normalized spacial score (nSPS) is 19.0. The Labute approximate surface area is 190 Å². The summed E-state index contributed by atoms with van der Waals surface area (Å²) in [6.45, 7) is 1.73. The summed E-state index contributed by atoms with van der Waals surface area (Å²) in [6.07, 6.45) is 4.81. The number of hydrogen-bond acceptors (Lipinski definition) is 7. The van der Waals surface area contributed by atoms with Gasteiger partial charge in [-0.05, 0) is 37.8 Å². The average Bonchev–Trinajstić information content (AvgIpc) is 2.71. The third-order valence-electron chi connectivity index (χ3n) is 4.40. The zero-order valence-electron chi connectivity index (χ0n) is 16.4. The number of ether oxygens (including phenoxy) is 1. The van der Waals surface area contributed by atoms with E-state index in [1.54, 1.807) is 25.4 Å². The van der Waals surface area contributed by atoms with Crippen molar-refractivity contribution in [1.82, 2.24) is 20.7 Å². The number of rotatable bonds is 7. The minimum atomic E-state index is -1.64. The topological polar surface area (TPSA) is 133 Å². The van der Waals surface area contributed by atoms with E-state index in [0.29, 0.717) is 25.8 Å². The molecule has 1 aromatic rings. The molecule has 9 nitrogen and oxygen atoms in total. The average molecular weight is 480 g/mol. The van der Waals surface area contributed by atoms with E-state index in [1.165, 1.54) is 5.01 Å². The Morgan fingerprint density at radius 3 is 2.87 bits per heavy atom. The Hall–Kier alpha value is -1.65. The number of aromatic nitrogens is 1. The van der Waals surface area contributed by atoms with Crippen LogP contribution in [0, 0.1) is 5.41 Å². The minimum Gasteiger partial charge on any atom is -0.475 e. The van der Waals surface area contributed by atoms with Crippen LogP contribution in [0.1, 0.15) is 25.3 Å². The molecule has 12 heteroatoms. The second kappa shape index (κ2) is 11.1. The molecule has 1 fully saturated rings. The van der Waals surface area contributed by atoms with Crippen molar-refractivity contribution >= 4 is 52.5 Å². The number of nitrogens with one attached hydrogen (secondary N) is 3. The summed E-state index contributed by atoms with van der Waals surface area (Å²) < 4.78 is 3.55. The smallest absolute Gasteiger partial charge is 0.258 e. The second-order valence-corrected chi connectivity index (χ2v) is 9.50. The quantitative estimate of drug-likeness (QED) is 0.265. The molecule has 2 amide bonds. The first-order valence-electron chi connectivity index (χ1n) is 9.37. The summed E-state index contributed by atoms with van der Waals surface area (Å²) in [5.74, 6) is -0.920. The number of nitrogens with two attached hydrogens (primary N) is 1. The van der Waals surface area contributed by atoms with Gasteiger partial charge in [-0.25, -0.2) is 5.43 Å². The number of hydrazine groups is 1. The lowest BCUT2D eigenvalue weighted by Gasteiger charge is -2.35. The maximum Gasteiger partial charge on any atom is 0.258 e. The van der Waals surface area contributed by atoms with E-state index in [9.17, 15) is 9.59 Å². The van der Waals surface area contributed by atoms with Crippen molar-refractivity contribution in [2.75, 3.05) is 13.2 Å². The Balaban J connectivity index is 1.85. The zero-order valence-corrected chi connectivity index (χ0v) is 18.7. The molecule has 5 N–H and O–H groups in total. The van der Waals surface area contributed by atoms with Gasteiger partial charge in [-0.15, -0.1) is 0 Å². The van der Waals surface area contributed by atoms with Crippen LogP contribution in [0.15, 0.2) is 24.5 Å². The molecule has 166 valence electrons. The van der Waals surface area contributed by atoms with Gasteiger partial charge in [0, 0.05) is 18.9 Å². The fraction of sp³-hybridized carbons (Fsp3) is 0.556. The van der Waals surface area contributed by atoms with Crippen LogP contribution in [0.2, 0.25) is 0 Å². The maximum atomic E-state index is 12.7. The van der Waals surface area contributed by atoms with Crippen molar-refractivity contribution < 1.29 is 14.3 Å². The van der Waals surface area contributed by atoms with Crippen molar-refractivity contribution in [3.8, 4) is 0 Å². The van der Waals surface area contributed by atoms with Crippen LogP contribution in [-0.2, 0) is 20.7 Å². The van der Waals surface area contributed by atoms with Crippen LogP contribution in [0.5, 0.6) is 0 Å². The third-order valence-corrected chi connectivity index (χ3v) is 4.73. The van der Waals surface area contributed by atoms with Gasteiger partial charge in [0.05, 0.1) is 6.04 Å². The van der Waals surface area contributed by atoms with Crippen molar-refractivity contribution in [2.45, 2.75) is 48.1 Å². The van der Waals surface area contributed by atoms with Gasteiger partial charge in [0.15, 0.2) is 5.90 Å². The SMILES string of the molecule is C[C@H](NC(=O)C(N)Cc1cccnc1)C(=O)N1CCC[C@@H](C(=N)OCC(Cl)(Cl)Cl)N1. The van der Waals surface area contributed by atoms with E-state index in [-0.39, 0.29) is 18.4 Å². The molecule has 1 aliphatic rings. The molecule has 1 aliphatic heterocycles. The molecule has 1 aromatic heterocycles. The van der Waals surface area contributed by atoms with Crippen LogP contribution in [-0.4, -0.2) is 62.8 Å². The maximum absolute atomic E-state index is 12.7. The number of halogens is 3. The van der Waals surface area contributed by atoms with Crippen LogP contribution >= 0.6 is 34.8 Å². The largest absolute Gasteiger partial charge is 0.475 e. The van der Waals surface area contributed by atoms with Crippen LogP contribution in [0.4, 0.5) is 0 Å². The monoisotopic (exact) mass is 478 g/mol. The predicted molar refractivity (Wildman–Crippen MR) is 115 cm³/mol. The molecule has 0 saturated carbocycles. The molecule has 0 aliphatic carbocycles. The van der Waals surface area contributed by atoms with Crippen LogP contribution in [0.3, 0.4) is 0 Å². The highest BCUT2D eigenvalue weighted by atomic mass is 35.6. The molecule has 3 atom stereocenters. The fourth-order valence-electron chi connectivity index (χ4n) is 2.88. The second-order valence-electron chi connectivity index (χ2n) is 6.98. The molecule has 0 bridgehead atoms. The van der Waals surface area contributed by atoms with Gasteiger partial charge < -0.3 is 15.8 Å². The van der Waals surface area contributed by atoms with E-state index < -0.39 is 27.8 Å². The molecule has 1 unspecified atom stereocenters. The Bertz CT molecular complexity index is 746. The molecular weight excluding hydrogens is 455 g/mol. The van der Waals surface area contributed by atoms with E-state index in [4.69, 9.17) is 50.7 Å². The van der Waals surface area contributed by atoms with Crippen molar-refractivity contribution in [3.63, 3.8) is 0 Å². The van der Waals surface area contributed by atoms with Gasteiger partial charge in [0.1, 0.15) is 18.7 Å². The predicted octanol–water partition coefficient (Wildman–Crippen LogP) is 1.32. The van der Waals surface area contributed by atoms with E-state index in [1.807, 2.05) is 6.07 Å². The van der Waals surface area contributed by atoms with Gasteiger partial charge in [0.2, 0.25) is 9.70 Å².